The molecule has 0 saturated carbocycles. The van der Waals surface area contributed by atoms with Crippen molar-refractivity contribution < 1.29 is 24.5 Å². The van der Waals surface area contributed by atoms with Gasteiger partial charge in [0.05, 0.1) is 12.2 Å². The largest absolute Gasteiger partial charge is 0.396 e. The van der Waals surface area contributed by atoms with Crippen molar-refractivity contribution in [1.29, 1.82) is 0 Å². The zero-order chi connectivity index (χ0) is 18.8. The number of aliphatic hydroxyl groups excluding tert-OH is 2. The Morgan fingerprint density at radius 2 is 2.00 bits per heavy atom. The Hall–Kier alpha value is -1.04. The molecule has 1 saturated heterocycles. The Morgan fingerprint density at radius 3 is 2.60 bits per heavy atom. The molecule has 2 aliphatic rings. The number of rotatable bonds is 2. The van der Waals surface area contributed by atoms with Crippen LogP contribution in [0.3, 0.4) is 0 Å². The minimum Gasteiger partial charge on any atom is -0.396 e. The second-order valence-electron chi connectivity index (χ2n) is 8.19. The molecule has 1 heterocycles. The normalized spacial score (nSPS) is 38.1. The molecule has 0 radical (unpaired) electrons. The van der Waals surface area contributed by atoms with Crippen LogP contribution < -0.4 is 0 Å². The van der Waals surface area contributed by atoms with E-state index in [4.69, 9.17) is 4.74 Å². The zero-order valence-electron chi connectivity index (χ0n) is 15.8. The van der Waals surface area contributed by atoms with E-state index in [1.165, 1.54) is 0 Å². The third kappa shape index (κ3) is 4.78. The Bertz CT molecular complexity index is 538. The summed E-state index contributed by atoms with van der Waals surface area (Å²) >= 11 is 0. The fourth-order valence-electron chi connectivity index (χ4n) is 3.60. The van der Waals surface area contributed by atoms with E-state index in [1.807, 2.05) is 26.8 Å². The van der Waals surface area contributed by atoms with Crippen molar-refractivity contribution in [3.8, 4) is 0 Å². The number of hydrogen-bond donors (Lipinski definition) is 2. The summed E-state index contributed by atoms with van der Waals surface area (Å²) in [5.74, 6) is -0.887. The standard InChI is InChI=1S/C20H32O5/c1-12(2)15-10-17-20(4,25-17)9-5-6-14(11-21)16(22)8-7-13(3)18(23)19(15)24/h10,12-14,17-18,21,23H,5-9,11H2,1-4H3/t13-,14+,17+,18+,20-/m1/s1. The first-order valence-electron chi connectivity index (χ1n) is 9.45. The lowest BCUT2D eigenvalue weighted by Crippen LogP contribution is -2.32. The molecule has 2 N–H and O–H groups in total. The van der Waals surface area contributed by atoms with Crippen LogP contribution in [-0.2, 0) is 14.3 Å². The summed E-state index contributed by atoms with van der Waals surface area (Å²) in [6.07, 6.45) is 3.63. The summed E-state index contributed by atoms with van der Waals surface area (Å²) in [5, 5.41) is 20.0. The molecule has 2 rings (SSSR count). The zero-order valence-corrected chi connectivity index (χ0v) is 15.8. The van der Waals surface area contributed by atoms with Gasteiger partial charge in [-0.15, -0.1) is 0 Å². The van der Waals surface area contributed by atoms with E-state index in [2.05, 4.69) is 0 Å². The van der Waals surface area contributed by atoms with Crippen LogP contribution in [0.5, 0.6) is 0 Å². The molecule has 0 aromatic rings. The minimum atomic E-state index is -1.11. The van der Waals surface area contributed by atoms with Crippen LogP contribution in [0.1, 0.15) is 59.8 Å². The van der Waals surface area contributed by atoms with Gasteiger partial charge in [-0.25, -0.2) is 0 Å². The lowest BCUT2D eigenvalue weighted by Gasteiger charge is -2.22. The Balaban J connectivity index is 2.24. The predicted octanol–water partition coefficient (Wildman–Crippen LogP) is 2.43. The van der Waals surface area contributed by atoms with Crippen LogP contribution in [-0.4, -0.2) is 46.2 Å². The van der Waals surface area contributed by atoms with Gasteiger partial charge in [-0.3, -0.25) is 9.59 Å². The van der Waals surface area contributed by atoms with Gasteiger partial charge < -0.3 is 14.9 Å². The average Bonchev–Trinajstić information content (AvgIpc) is 3.21. The van der Waals surface area contributed by atoms with Crippen molar-refractivity contribution in [3.63, 3.8) is 0 Å². The molecule has 25 heavy (non-hydrogen) atoms. The average molecular weight is 352 g/mol. The first kappa shape index (κ1) is 20.3. The number of hydrogen-bond acceptors (Lipinski definition) is 5. The van der Waals surface area contributed by atoms with Crippen molar-refractivity contribution in [1.82, 2.24) is 0 Å². The quantitative estimate of drug-likeness (QED) is 0.745. The summed E-state index contributed by atoms with van der Waals surface area (Å²) in [4.78, 5) is 25.1. The summed E-state index contributed by atoms with van der Waals surface area (Å²) in [7, 11) is 0. The van der Waals surface area contributed by atoms with Crippen molar-refractivity contribution in [3.05, 3.63) is 11.6 Å². The number of carbonyl (C=O) groups excluding carboxylic acids is 2. The summed E-state index contributed by atoms with van der Waals surface area (Å²) < 4.78 is 5.81. The summed E-state index contributed by atoms with van der Waals surface area (Å²) in [6, 6.07) is 0. The SMILES string of the molecule is CC(C)C1=C[C@@H]2O[C@]2(C)CCC[C@@H](CO)C(=O)CC[C@@H](C)[C@H](O)C1=O. The highest BCUT2D eigenvalue weighted by Crippen LogP contribution is 2.43. The number of ketones is 2. The van der Waals surface area contributed by atoms with Gasteiger partial charge in [-0.2, -0.15) is 0 Å². The highest BCUT2D eigenvalue weighted by Gasteiger charge is 2.50. The fraction of sp³-hybridized carbons (Fsp3) is 0.800. The summed E-state index contributed by atoms with van der Waals surface area (Å²) in [6.45, 7) is 7.55. The smallest absolute Gasteiger partial charge is 0.187 e. The maximum Gasteiger partial charge on any atom is 0.187 e. The number of carbonyl (C=O) groups is 2. The van der Waals surface area contributed by atoms with Crippen LogP contribution in [0.2, 0.25) is 0 Å². The monoisotopic (exact) mass is 352 g/mol. The van der Waals surface area contributed by atoms with Crippen LogP contribution in [0, 0.1) is 17.8 Å². The van der Waals surface area contributed by atoms with Crippen LogP contribution in [0.25, 0.3) is 0 Å². The van der Waals surface area contributed by atoms with E-state index < -0.39 is 6.10 Å². The van der Waals surface area contributed by atoms with Gasteiger partial charge in [0.2, 0.25) is 0 Å². The van der Waals surface area contributed by atoms with E-state index >= 15 is 0 Å². The van der Waals surface area contributed by atoms with Crippen molar-refractivity contribution in [2.75, 3.05) is 6.61 Å². The van der Waals surface area contributed by atoms with Gasteiger partial charge in [0.1, 0.15) is 18.0 Å². The van der Waals surface area contributed by atoms with E-state index in [-0.39, 0.29) is 54.1 Å². The van der Waals surface area contributed by atoms with Crippen molar-refractivity contribution in [2.45, 2.75) is 77.6 Å². The van der Waals surface area contributed by atoms with Crippen LogP contribution in [0.15, 0.2) is 11.6 Å². The first-order chi connectivity index (χ1) is 11.7. The van der Waals surface area contributed by atoms with E-state index in [9.17, 15) is 19.8 Å². The molecule has 0 unspecified atom stereocenters. The molecule has 0 spiro atoms. The number of epoxide rings is 1. The van der Waals surface area contributed by atoms with Gasteiger partial charge in [-0.05, 0) is 56.1 Å². The third-order valence-corrected chi connectivity index (χ3v) is 5.73. The molecule has 0 aromatic heterocycles. The fourth-order valence-corrected chi connectivity index (χ4v) is 3.60. The third-order valence-electron chi connectivity index (χ3n) is 5.73. The van der Waals surface area contributed by atoms with Gasteiger partial charge in [-0.1, -0.05) is 20.8 Å². The molecule has 5 heteroatoms. The molecule has 1 aliphatic carbocycles. The van der Waals surface area contributed by atoms with E-state index in [0.717, 1.165) is 12.8 Å². The number of ether oxygens (including phenoxy) is 1. The molecule has 1 aliphatic heterocycles. The van der Waals surface area contributed by atoms with Gasteiger partial charge in [0.15, 0.2) is 5.78 Å². The minimum absolute atomic E-state index is 0.0103. The molecule has 142 valence electrons. The van der Waals surface area contributed by atoms with E-state index in [1.54, 1.807) is 6.92 Å². The Labute approximate surface area is 150 Å². The maximum atomic E-state index is 12.7. The lowest BCUT2D eigenvalue weighted by molar-refractivity contribution is -0.128. The Kier molecular flexibility index (Phi) is 6.57. The highest BCUT2D eigenvalue weighted by molar-refractivity contribution is 5.99. The lowest BCUT2D eigenvalue weighted by atomic mass is 9.84. The molecule has 0 amide bonds. The second kappa shape index (κ2) is 8.11. The molecule has 5 atom stereocenters. The molecular weight excluding hydrogens is 320 g/mol. The molecule has 5 nitrogen and oxygen atoms in total. The molecule has 1 fully saturated rings. The number of aliphatic hydroxyl groups is 2. The Morgan fingerprint density at radius 1 is 1.32 bits per heavy atom. The van der Waals surface area contributed by atoms with Crippen LogP contribution in [0.4, 0.5) is 0 Å². The van der Waals surface area contributed by atoms with Gasteiger partial charge >= 0.3 is 0 Å². The first-order valence-corrected chi connectivity index (χ1v) is 9.45. The molecular formula is C20H32O5. The predicted molar refractivity (Wildman–Crippen MR) is 95.0 cm³/mol. The van der Waals surface area contributed by atoms with Crippen LogP contribution >= 0.6 is 0 Å². The van der Waals surface area contributed by atoms with Crippen molar-refractivity contribution >= 4 is 11.6 Å². The van der Waals surface area contributed by atoms with Gasteiger partial charge in [0.25, 0.3) is 0 Å². The topological polar surface area (TPSA) is 87.1 Å². The summed E-state index contributed by atoms with van der Waals surface area (Å²) in [5.41, 5.74) is 0.300. The number of fused-ring (bicyclic) bond motifs is 1. The highest BCUT2D eigenvalue weighted by atomic mass is 16.6. The molecule has 0 aromatic carbocycles. The maximum absolute atomic E-state index is 12.7. The number of Topliss-reactive ketones (excluding diaryl/α,β-unsaturated/α-hetero) is 2. The second-order valence-corrected chi connectivity index (χ2v) is 8.19. The van der Waals surface area contributed by atoms with E-state index in [0.29, 0.717) is 18.4 Å². The molecule has 0 bridgehead atoms. The van der Waals surface area contributed by atoms with Gasteiger partial charge in [0, 0.05) is 12.3 Å². The van der Waals surface area contributed by atoms with Crippen molar-refractivity contribution in [2.24, 2.45) is 17.8 Å².